The van der Waals surface area contributed by atoms with Crippen molar-refractivity contribution in [3.8, 4) is 0 Å². The van der Waals surface area contributed by atoms with Crippen LogP contribution in [0, 0.1) is 5.92 Å². The van der Waals surface area contributed by atoms with Crippen LogP contribution in [0.25, 0.3) is 0 Å². The van der Waals surface area contributed by atoms with Crippen LogP contribution in [0.15, 0.2) is 11.6 Å². The van der Waals surface area contributed by atoms with E-state index < -0.39 is 5.60 Å². The van der Waals surface area contributed by atoms with Gasteiger partial charge in [0.25, 0.3) is 0 Å². The van der Waals surface area contributed by atoms with Crippen molar-refractivity contribution in [2.75, 3.05) is 0 Å². The molecular formula is C10H16O. The standard InChI is InChI=1S/C10H16O/c1-10(11)6-8-4-2-3-5-9(8)7-10/h6,9,11H,2-5,7H2,1H3. The SMILES string of the molecule is CC1(O)C=C2CCCCC2C1. The van der Waals surface area contributed by atoms with Gasteiger partial charge in [-0.25, -0.2) is 0 Å². The molecular weight excluding hydrogens is 136 g/mol. The molecule has 0 aromatic rings. The van der Waals surface area contributed by atoms with Crippen LogP contribution >= 0.6 is 0 Å². The summed E-state index contributed by atoms with van der Waals surface area (Å²) in [6.07, 6.45) is 8.30. The molecule has 62 valence electrons. The fraction of sp³-hybridized carbons (Fsp3) is 0.800. The molecule has 2 atom stereocenters. The van der Waals surface area contributed by atoms with E-state index in [1.807, 2.05) is 6.92 Å². The largest absolute Gasteiger partial charge is 0.386 e. The molecule has 0 aromatic carbocycles. The number of aliphatic hydroxyl groups is 1. The van der Waals surface area contributed by atoms with Crippen LogP contribution in [-0.2, 0) is 0 Å². The molecule has 0 radical (unpaired) electrons. The Morgan fingerprint density at radius 1 is 1.55 bits per heavy atom. The normalized spacial score (nSPS) is 43.5. The van der Waals surface area contributed by atoms with Crippen molar-refractivity contribution in [2.24, 2.45) is 5.92 Å². The van der Waals surface area contributed by atoms with E-state index in [1.54, 1.807) is 0 Å². The molecule has 1 saturated carbocycles. The lowest BCUT2D eigenvalue weighted by molar-refractivity contribution is 0.0991. The summed E-state index contributed by atoms with van der Waals surface area (Å²) in [5, 5.41) is 9.75. The van der Waals surface area contributed by atoms with Crippen LogP contribution in [0.5, 0.6) is 0 Å². The van der Waals surface area contributed by atoms with Gasteiger partial charge < -0.3 is 5.11 Å². The van der Waals surface area contributed by atoms with Gasteiger partial charge in [0.1, 0.15) is 0 Å². The average molecular weight is 152 g/mol. The fourth-order valence-electron chi connectivity index (χ4n) is 2.49. The average Bonchev–Trinajstić information content (AvgIpc) is 2.21. The zero-order valence-corrected chi connectivity index (χ0v) is 7.14. The maximum absolute atomic E-state index is 9.75. The van der Waals surface area contributed by atoms with E-state index >= 15 is 0 Å². The molecule has 1 N–H and O–H groups in total. The van der Waals surface area contributed by atoms with E-state index in [-0.39, 0.29) is 0 Å². The Bertz CT molecular complexity index is 191. The maximum atomic E-state index is 9.75. The third kappa shape index (κ3) is 1.34. The maximum Gasteiger partial charge on any atom is 0.0808 e. The van der Waals surface area contributed by atoms with Gasteiger partial charge >= 0.3 is 0 Å². The number of allylic oxidation sites excluding steroid dienone is 1. The van der Waals surface area contributed by atoms with Gasteiger partial charge in [0.15, 0.2) is 0 Å². The number of hydrogen-bond donors (Lipinski definition) is 1. The summed E-state index contributed by atoms with van der Waals surface area (Å²) in [4.78, 5) is 0. The topological polar surface area (TPSA) is 20.2 Å². The van der Waals surface area contributed by atoms with Crippen molar-refractivity contribution in [1.29, 1.82) is 0 Å². The van der Waals surface area contributed by atoms with Gasteiger partial charge in [-0.3, -0.25) is 0 Å². The molecule has 0 amide bonds. The molecule has 11 heavy (non-hydrogen) atoms. The molecule has 2 aliphatic carbocycles. The summed E-state index contributed by atoms with van der Waals surface area (Å²) in [6.45, 7) is 1.93. The van der Waals surface area contributed by atoms with Crippen LogP contribution in [0.1, 0.15) is 39.0 Å². The van der Waals surface area contributed by atoms with Crippen molar-refractivity contribution in [2.45, 2.75) is 44.6 Å². The zero-order valence-electron chi connectivity index (χ0n) is 7.14. The van der Waals surface area contributed by atoms with E-state index in [0.717, 1.165) is 12.3 Å². The van der Waals surface area contributed by atoms with Crippen LogP contribution in [0.3, 0.4) is 0 Å². The first-order valence-corrected chi connectivity index (χ1v) is 4.61. The van der Waals surface area contributed by atoms with Gasteiger partial charge in [0, 0.05) is 0 Å². The Kier molecular flexibility index (Phi) is 1.57. The Labute approximate surface area is 68.1 Å². The number of hydrogen-bond acceptors (Lipinski definition) is 1. The van der Waals surface area contributed by atoms with Crippen LogP contribution in [-0.4, -0.2) is 10.7 Å². The van der Waals surface area contributed by atoms with Gasteiger partial charge in [-0.15, -0.1) is 0 Å². The molecule has 0 heterocycles. The molecule has 0 bridgehead atoms. The molecule has 2 unspecified atom stereocenters. The molecule has 0 saturated heterocycles. The molecule has 0 spiro atoms. The van der Waals surface area contributed by atoms with Gasteiger partial charge in [-0.05, 0) is 38.5 Å². The summed E-state index contributed by atoms with van der Waals surface area (Å²) >= 11 is 0. The van der Waals surface area contributed by atoms with E-state index in [0.29, 0.717) is 0 Å². The fourth-order valence-corrected chi connectivity index (χ4v) is 2.49. The van der Waals surface area contributed by atoms with Crippen molar-refractivity contribution >= 4 is 0 Å². The van der Waals surface area contributed by atoms with E-state index in [4.69, 9.17) is 0 Å². The van der Waals surface area contributed by atoms with Crippen LogP contribution < -0.4 is 0 Å². The molecule has 2 rings (SSSR count). The lowest BCUT2D eigenvalue weighted by Gasteiger charge is -2.21. The van der Waals surface area contributed by atoms with Gasteiger partial charge in [0.05, 0.1) is 5.60 Å². The van der Waals surface area contributed by atoms with E-state index in [1.165, 1.54) is 31.3 Å². The monoisotopic (exact) mass is 152 g/mol. The molecule has 1 nitrogen and oxygen atoms in total. The highest BCUT2D eigenvalue weighted by Crippen LogP contribution is 2.41. The summed E-state index contributed by atoms with van der Waals surface area (Å²) in [5.41, 5.74) is 1.05. The quantitative estimate of drug-likeness (QED) is 0.528. The highest BCUT2D eigenvalue weighted by molar-refractivity contribution is 5.22. The number of fused-ring (bicyclic) bond motifs is 1. The smallest absolute Gasteiger partial charge is 0.0808 e. The van der Waals surface area contributed by atoms with Gasteiger partial charge in [-0.1, -0.05) is 18.1 Å². The first-order valence-electron chi connectivity index (χ1n) is 4.61. The van der Waals surface area contributed by atoms with Gasteiger partial charge in [-0.2, -0.15) is 0 Å². The summed E-state index contributed by atoms with van der Waals surface area (Å²) in [6, 6.07) is 0. The van der Waals surface area contributed by atoms with Crippen LogP contribution in [0.2, 0.25) is 0 Å². The Morgan fingerprint density at radius 3 is 3.09 bits per heavy atom. The van der Waals surface area contributed by atoms with Gasteiger partial charge in [0.2, 0.25) is 0 Å². The van der Waals surface area contributed by atoms with E-state index in [9.17, 15) is 5.11 Å². The molecule has 1 heteroatoms. The third-order valence-electron chi connectivity index (χ3n) is 2.95. The molecule has 1 fully saturated rings. The first-order chi connectivity index (χ1) is 5.17. The second-order valence-electron chi connectivity index (χ2n) is 4.22. The Morgan fingerprint density at radius 2 is 2.36 bits per heavy atom. The third-order valence-corrected chi connectivity index (χ3v) is 2.95. The minimum Gasteiger partial charge on any atom is -0.386 e. The van der Waals surface area contributed by atoms with Crippen molar-refractivity contribution < 1.29 is 5.11 Å². The highest BCUT2D eigenvalue weighted by atomic mass is 16.3. The lowest BCUT2D eigenvalue weighted by atomic mass is 9.85. The van der Waals surface area contributed by atoms with E-state index in [2.05, 4.69) is 6.08 Å². The molecule has 2 aliphatic rings. The Balaban J connectivity index is 2.16. The van der Waals surface area contributed by atoms with Crippen LogP contribution in [0.4, 0.5) is 0 Å². The summed E-state index contributed by atoms with van der Waals surface area (Å²) in [5.74, 6) is 0.721. The predicted octanol–water partition coefficient (Wildman–Crippen LogP) is 2.26. The molecule has 0 aliphatic heterocycles. The first kappa shape index (κ1) is 7.35. The summed E-state index contributed by atoms with van der Waals surface area (Å²) < 4.78 is 0. The molecule has 0 aromatic heterocycles. The summed E-state index contributed by atoms with van der Waals surface area (Å²) in [7, 11) is 0. The second-order valence-corrected chi connectivity index (χ2v) is 4.22. The minimum atomic E-state index is -0.482. The second kappa shape index (κ2) is 2.34. The van der Waals surface area contributed by atoms with Crippen molar-refractivity contribution in [1.82, 2.24) is 0 Å². The lowest BCUT2D eigenvalue weighted by Crippen LogP contribution is -2.18. The van der Waals surface area contributed by atoms with Crippen molar-refractivity contribution in [3.63, 3.8) is 0 Å². The predicted molar refractivity (Wildman–Crippen MR) is 45.3 cm³/mol. The Hall–Kier alpha value is -0.300. The number of rotatable bonds is 0. The zero-order chi connectivity index (χ0) is 7.90. The highest BCUT2D eigenvalue weighted by Gasteiger charge is 2.34. The van der Waals surface area contributed by atoms with Crippen molar-refractivity contribution in [3.05, 3.63) is 11.6 Å². The minimum absolute atomic E-state index is 0.482.